The predicted octanol–water partition coefficient (Wildman–Crippen LogP) is 3.25. The Kier molecular flexibility index (Phi) is 6.78. The maximum absolute atomic E-state index is 11.4. The quantitative estimate of drug-likeness (QED) is 0.496. The van der Waals surface area contributed by atoms with Crippen LogP contribution in [-0.4, -0.2) is 17.2 Å². The van der Waals surface area contributed by atoms with Crippen molar-refractivity contribution in [3.63, 3.8) is 0 Å². The van der Waals surface area contributed by atoms with Crippen molar-refractivity contribution in [2.24, 2.45) is 0 Å². The highest BCUT2D eigenvalue weighted by atomic mass is 31.2. The van der Waals surface area contributed by atoms with Crippen molar-refractivity contribution in [2.45, 2.75) is 46.0 Å². The molecule has 0 saturated carbocycles. The molecule has 0 amide bonds. The smallest absolute Gasteiger partial charge is 0.200 e. The van der Waals surface area contributed by atoms with Crippen molar-refractivity contribution in [2.75, 3.05) is 12.3 Å². The van der Waals surface area contributed by atoms with Crippen molar-refractivity contribution in [1.29, 1.82) is 0 Å². The van der Waals surface area contributed by atoms with E-state index in [4.69, 9.17) is 0 Å². The van der Waals surface area contributed by atoms with Crippen molar-refractivity contribution in [1.82, 2.24) is 0 Å². The zero-order valence-electron chi connectivity index (χ0n) is 8.25. The molecule has 0 aliphatic carbocycles. The molecule has 3 heteroatoms. The lowest BCUT2D eigenvalue weighted by Gasteiger charge is -2.09. The topological polar surface area (TPSA) is 37.3 Å². The Morgan fingerprint density at radius 2 is 1.50 bits per heavy atom. The minimum Gasteiger partial charge on any atom is -0.344 e. The highest BCUT2D eigenvalue weighted by molar-refractivity contribution is 7.57. The summed E-state index contributed by atoms with van der Waals surface area (Å²) in [5, 5.41) is 0. The van der Waals surface area contributed by atoms with E-state index >= 15 is 0 Å². The summed E-state index contributed by atoms with van der Waals surface area (Å²) in [5.74, 6) is 0. The van der Waals surface area contributed by atoms with Gasteiger partial charge >= 0.3 is 0 Å². The average molecular weight is 192 g/mol. The van der Waals surface area contributed by atoms with Crippen LogP contribution in [0.5, 0.6) is 0 Å². The average Bonchev–Trinajstić information content (AvgIpc) is 2.01. The van der Waals surface area contributed by atoms with E-state index in [1.54, 1.807) is 0 Å². The molecule has 0 spiro atoms. The monoisotopic (exact) mass is 192 g/mol. The Labute approximate surface area is 75.8 Å². The van der Waals surface area contributed by atoms with Gasteiger partial charge in [-0.25, -0.2) is 0 Å². The van der Waals surface area contributed by atoms with Gasteiger partial charge in [-0.05, 0) is 12.8 Å². The molecule has 0 radical (unpaired) electrons. The fraction of sp³-hybridized carbons (Fsp3) is 1.00. The molecular weight excluding hydrogens is 171 g/mol. The first kappa shape index (κ1) is 12.2. The van der Waals surface area contributed by atoms with Gasteiger partial charge in [-0.15, -0.1) is 0 Å². The fourth-order valence-electron chi connectivity index (χ4n) is 1.13. The number of hydrogen-bond donors (Lipinski definition) is 1. The Bertz CT molecular complexity index is 145. The Morgan fingerprint density at radius 3 is 2.00 bits per heavy atom. The van der Waals surface area contributed by atoms with Crippen LogP contribution in [0.15, 0.2) is 0 Å². The van der Waals surface area contributed by atoms with E-state index in [-0.39, 0.29) is 0 Å². The second-order valence-electron chi connectivity index (χ2n) is 3.35. The van der Waals surface area contributed by atoms with Gasteiger partial charge in [-0.2, -0.15) is 0 Å². The van der Waals surface area contributed by atoms with Crippen molar-refractivity contribution in [3.05, 3.63) is 0 Å². The van der Waals surface area contributed by atoms with Gasteiger partial charge in [0.05, 0.1) is 0 Å². The first-order valence-electron chi connectivity index (χ1n) is 4.93. The van der Waals surface area contributed by atoms with Crippen LogP contribution in [0.2, 0.25) is 0 Å². The van der Waals surface area contributed by atoms with E-state index in [1.165, 1.54) is 0 Å². The van der Waals surface area contributed by atoms with Gasteiger partial charge < -0.3 is 4.89 Å². The molecule has 1 N–H and O–H groups in total. The first-order chi connectivity index (χ1) is 5.62. The van der Waals surface area contributed by atoms with Crippen molar-refractivity contribution >= 4 is 7.37 Å². The third kappa shape index (κ3) is 6.87. The number of rotatable bonds is 7. The summed E-state index contributed by atoms with van der Waals surface area (Å²) in [7, 11) is -2.74. The van der Waals surface area contributed by atoms with Crippen LogP contribution in [0, 0.1) is 0 Å². The van der Waals surface area contributed by atoms with Gasteiger partial charge in [0.1, 0.15) is 0 Å². The first-order valence-corrected chi connectivity index (χ1v) is 6.96. The summed E-state index contributed by atoms with van der Waals surface area (Å²) in [6.07, 6.45) is 6.06. The summed E-state index contributed by atoms with van der Waals surface area (Å²) in [4.78, 5) is 9.43. The molecule has 0 bridgehead atoms. The molecule has 0 fully saturated rings. The van der Waals surface area contributed by atoms with Gasteiger partial charge in [0.2, 0.25) is 7.37 Å². The van der Waals surface area contributed by atoms with Gasteiger partial charge in [0, 0.05) is 12.3 Å². The molecule has 0 saturated heterocycles. The molecule has 2 nitrogen and oxygen atoms in total. The molecule has 74 valence electrons. The standard InChI is InChI=1S/C9H21O2P/c1-3-5-7-9-12(10,11)8-6-4-2/h3-9H2,1-2H3,(H,10,11). The maximum atomic E-state index is 11.4. The van der Waals surface area contributed by atoms with Gasteiger partial charge in [-0.1, -0.05) is 33.1 Å². The lowest BCUT2D eigenvalue weighted by atomic mass is 10.3. The molecule has 0 aliphatic heterocycles. The highest BCUT2D eigenvalue weighted by Crippen LogP contribution is 2.42. The van der Waals surface area contributed by atoms with Gasteiger partial charge in [0.25, 0.3) is 0 Å². The zero-order chi connectivity index (χ0) is 9.45. The van der Waals surface area contributed by atoms with Crippen LogP contribution in [0.3, 0.4) is 0 Å². The molecule has 0 aliphatic rings. The molecule has 1 unspecified atom stereocenters. The summed E-state index contributed by atoms with van der Waals surface area (Å²) in [5.41, 5.74) is 0. The Morgan fingerprint density at radius 1 is 1.00 bits per heavy atom. The molecule has 12 heavy (non-hydrogen) atoms. The van der Waals surface area contributed by atoms with Crippen LogP contribution < -0.4 is 0 Å². The minimum atomic E-state index is -2.74. The highest BCUT2D eigenvalue weighted by Gasteiger charge is 2.15. The zero-order valence-corrected chi connectivity index (χ0v) is 9.15. The fourth-order valence-corrected chi connectivity index (χ4v) is 2.88. The van der Waals surface area contributed by atoms with Gasteiger partial charge in [-0.3, -0.25) is 4.57 Å². The van der Waals surface area contributed by atoms with E-state index in [9.17, 15) is 9.46 Å². The van der Waals surface area contributed by atoms with E-state index in [1.807, 2.05) is 6.92 Å². The third-order valence-corrected chi connectivity index (χ3v) is 4.00. The van der Waals surface area contributed by atoms with Crippen molar-refractivity contribution in [3.8, 4) is 0 Å². The van der Waals surface area contributed by atoms with Gasteiger partial charge in [0.15, 0.2) is 0 Å². The molecule has 0 heterocycles. The van der Waals surface area contributed by atoms with Crippen molar-refractivity contribution < 1.29 is 9.46 Å². The van der Waals surface area contributed by atoms with E-state index in [2.05, 4.69) is 6.92 Å². The predicted molar refractivity (Wildman–Crippen MR) is 54.0 cm³/mol. The van der Waals surface area contributed by atoms with Crippen LogP contribution in [0.4, 0.5) is 0 Å². The molecule has 0 aromatic carbocycles. The maximum Gasteiger partial charge on any atom is 0.200 e. The Hall–Kier alpha value is 0.190. The SMILES string of the molecule is CCCCCP(=O)(O)CCCC. The number of unbranched alkanes of at least 4 members (excludes halogenated alkanes) is 3. The van der Waals surface area contributed by atoms with Crippen LogP contribution >= 0.6 is 7.37 Å². The third-order valence-electron chi connectivity index (χ3n) is 1.97. The lowest BCUT2D eigenvalue weighted by molar-refractivity contribution is 0.472. The second-order valence-corrected chi connectivity index (χ2v) is 5.94. The molecule has 0 aromatic rings. The molecule has 0 rings (SSSR count). The van der Waals surface area contributed by atoms with Crippen LogP contribution in [0.25, 0.3) is 0 Å². The molecule has 1 atom stereocenters. The lowest BCUT2D eigenvalue weighted by Crippen LogP contribution is -1.94. The summed E-state index contributed by atoms with van der Waals surface area (Å²) >= 11 is 0. The normalized spacial score (nSPS) is 15.9. The molecule has 0 aromatic heterocycles. The largest absolute Gasteiger partial charge is 0.344 e. The Balaban J connectivity index is 3.49. The summed E-state index contributed by atoms with van der Waals surface area (Å²) in [6.45, 7) is 4.15. The van der Waals surface area contributed by atoms with E-state index in [0.717, 1.165) is 32.1 Å². The second kappa shape index (κ2) is 6.68. The van der Waals surface area contributed by atoms with E-state index < -0.39 is 7.37 Å². The summed E-state index contributed by atoms with van der Waals surface area (Å²) in [6, 6.07) is 0. The molecular formula is C9H21O2P. The van der Waals surface area contributed by atoms with E-state index in [0.29, 0.717) is 12.3 Å². The summed E-state index contributed by atoms with van der Waals surface area (Å²) < 4.78 is 11.4. The number of hydrogen-bond acceptors (Lipinski definition) is 1. The minimum absolute atomic E-state index is 0.521. The van der Waals surface area contributed by atoms with Crippen LogP contribution in [-0.2, 0) is 4.57 Å². The van der Waals surface area contributed by atoms with Crippen LogP contribution in [0.1, 0.15) is 46.0 Å².